The second-order valence-electron chi connectivity index (χ2n) is 6.01. The minimum absolute atomic E-state index is 0.240. The van der Waals surface area contributed by atoms with Crippen molar-refractivity contribution in [1.29, 1.82) is 5.41 Å². The van der Waals surface area contributed by atoms with E-state index in [-0.39, 0.29) is 6.10 Å². The Morgan fingerprint density at radius 3 is 2.44 bits per heavy atom. The van der Waals surface area contributed by atoms with Crippen molar-refractivity contribution in [3.05, 3.63) is 59.7 Å². The Morgan fingerprint density at radius 1 is 1.12 bits per heavy atom. The fourth-order valence-electron chi connectivity index (χ4n) is 2.97. The lowest BCUT2D eigenvalue weighted by Gasteiger charge is -2.32. The molecule has 134 valence electrons. The maximum Gasteiger partial charge on any atom is 0.120 e. The average molecular weight is 339 g/mol. The van der Waals surface area contributed by atoms with E-state index < -0.39 is 0 Å². The second-order valence-corrected chi connectivity index (χ2v) is 6.01. The molecule has 4 heteroatoms. The summed E-state index contributed by atoms with van der Waals surface area (Å²) in [6.07, 6.45) is 3.56. The van der Waals surface area contributed by atoms with Gasteiger partial charge in [0.1, 0.15) is 11.9 Å². The molecule has 1 fully saturated rings. The number of hydrogen-bond acceptors (Lipinski definition) is 4. The van der Waals surface area contributed by atoms with Crippen molar-refractivity contribution in [3.63, 3.8) is 0 Å². The molecule has 1 aliphatic rings. The van der Waals surface area contributed by atoms with Gasteiger partial charge in [-0.05, 0) is 36.6 Å². The smallest absolute Gasteiger partial charge is 0.120 e. The SMILES string of the molecule is CC.N=Cc1cc(OC2CCN(Cc3ccccc3)CC2)ccc1N. The minimum atomic E-state index is 0.240. The van der Waals surface area contributed by atoms with Gasteiger partial charge in [0.15, 0.2) is 0 Å². The molecule has 0 aromatic heterocycles. The van der Waals surface area contributed by atoms with Gasteiger partial charge in [0.05, 0.1) is 0 Å². The third kappa shape index (κ3) is 5.61. The summed E-state index contributed by atoms with van der Waals surface area (Å²) in [6.45, 7) is 7.10. The van der Waals surface area contributed by atoms with E-state index >= 15 is 0 Å². The third-order valence-corrected chi connectivity index (χ3v) is 4.30. The number of anilines is 1. The summed E-state index contributed by atoms with van der Waals surface area (Å²) in [7, 11) is 0. The number of hydrogen-bond donors (Lipinski definition) is 2. The zero-order valence-corrected chi connectivity index (χ0v) is 15.2. The molecule has 0 saturated carbocycles. The number of ether oxygens (including phenoxy) is 1. The molecule has 0 amide bonds. The first-order valence-corrected chi connectivity index (χ1v) is 9.07. The van der Waals surface area contributed by atoms with Gasteiger partial charge >= 0.3 is 0 Å². The zero-order chi connectivity index (χ0) is 18.1. The summed E-state index contributed by atoms with van der Waals surface area (Å²) in [6, 6.07) is 16.1. The number of nitrogen functional groups attached to an aromatic ring is 1. The van der Waals surface area contributed by atoms with Crippen molar-refractivity contribution < 1.29 is 4.74 Å². The van der Waals surface area contributed by atoms with Gasteiger partial charge in [-0.2, -0.15) is 0 Å². The van der Waals surface area contributed by atoms with E-state index in [9.17, 15) is 0 Å². The number of rotatable bonds is 5. The molecule has 1 saturated heterocycles. The van der Waals surface area contributed by atoms with Crippen LogP contribution in [0.3, 0.4) is 0 Å². The van der Waals surface area contributed by atoms with Crippen LogP contribution in [0.4, 0.5) is 5.69 Å². The molecule has 0 spiro atoms. The number of benzene rings is 2. The van der Waals surface area contributed by atoms with Crippen LogP contribution in [0.1, 0.15) is 37.8 Å². The fraction of sp³-hybridized carbons (Fsp3) is 0.381. The summed E-state index contributed by atoms with van der Waals surface area (Å²) >= 11 is 0. The highest BCUT2D eigenvalue weighted by Crippen LogP contribution is 2.23. The van der Waals surface area contributed by atoms with E-state index in [0.29, 0.717) is 11.3 Å². The topological polar surface area (TPSA) is 62.3 Å². The Kier molecular flexibility index (Phi) is 7.48. The van der Waals surface area contributed by atoms with Crippen LogP contribution in [0.25, 0.3) is 0 Å². The van der Waals surface area contributed by atoms with Crippen LogP contribution in [0.15, 0.2) is 48.5 Å². The van der Waals surface area contributed by atoms with Gasteiger partial charge in [-0.3, -0.25) is 4.90 Å². The van der Waals surface area contributed by atoms with Crippen molar-refractivity contribution in [2.75, 3.05) is 18.8 Å². The molecule has 3 N–H and O–H groups in total. The molecule has 1 heterocycles. The van der Waals surface area contributed by atoms with E-state index in [2.05, 4.69) is 35.2 Å². The number of likely N-dealkylation sites (tertiary alicyclic amines) is 1. The molecule has 4 nitrogen and oxygen atoms in total. The summed E-state index contributed by atoms with van der Waals surface area (Å²) in [5, 5.41) is 7.37. The highest BCUT2D eigenvalue weighted by Gasteiger charge is 2.20. The van der Waals surface area contributed by atoms with Crippen molar-refractivity contribution >= 4 is 11.9 Å². The molecule has 2 aromatic rings. The third-order valence-electron chi connectivity index (χ3n) is 4.30. The Balaban J connectivity index is 0.00000109. The summed E-state index contributed by atoms with van der Waals surface area (Å²) < 4.78 is 6.07. The molecular weight excluding hydrogens is 310 g/mol. The van der Waals surface area contributed by atoms with Crippen molar-refractivity contribution in [2.24, 2.45) is 0 Å². The predicted molar refractivity (Wildman–Crippen MR) is 105 cm³/mol. The Labute approximate surface area is 151 Å². The summed E-state index contributed by atoms with van der Waals surface area (Å²) in [5.74, 6) is 0.805. The zero-order valence-electron chi connectivity index (χ0n) is 15.2. The standard InChI is InChI=1S/C19H23N3O.C2H6/c20-13-16-12-18(6-7-19(16)21)23-17-8-10-22(11-9-17)14-15-4-2-1-3-5-15;1-2/h1-7,12-13,17,20H,8-11,14,21H2;1-2H3. The van der Waals surface area contributed by atoms with Crippen LogP contribution in [0.5, 0.6) is 5.75 Å². The highest BCUT2D eigenvalue weighted by atomic mass is 16.5. The van der Waals surface area contributed by atoms with Gasteiger partial charge < -0.3 is 15.9 Å². The minimum Gasteiger partial charge on any atom is -0.490 e. The van der Waals surface area contributed by atoms with E-state index in [1.54, 1.807) is 6.07 Å². The van der Waals surface area contributed by atoms with Gasteiger partial charge in [-0.15, -0.1) is 0 Å². The normalized spacial score (nSPS) is 15.1. The van der Waals surface area contributed by atoms with Gasteiger partial charge in [0.25, 0.3) is 0 Å². The maximum absolute atomic E-state index is 7.37. The van der Waals surface area contributed by atoms with Crippen LogP contribution in [-0.2, 0) is 6.54 Å². The number of nitrogens with one attached hydrogen (secondary N) is 1. The molecule has 0 unspecified atom stereocenters. The second kappa shape index (κ2) is 9.84. The van der Waals surface area contributed by atoms with Crippen LogP contribution in [0, 0.1) is 5.41 Å². The lowest BCUT2D eigenvalue weighted by Crippen LogP contribution is -2.37. The first-order chi connectivity index (χ1) is 12.2. The number of nitrogens with two attached hydrogens (primary N) is 1. The Bertz CT molecular complexity index is 649. The number of nitrogens with zero attached hydrogens (tertiary/aromatic N) is 1. The first-order valence-electron chi connectivity index (χ1n) is 9.07. The molecule has 0 radical (unpaired) electrons. The average Bonchev–Trinajstić information content (AvgIpc) is 2.67. The Morgan fingerprint density at radius 2 is 1.80 bits per heavy atom. The molecule has 1 aliphatic heterocycles. The largest absolute Gasteiger partial charge is 0.490 e. The molecule has 25 heavy (non-hydrogen) atoms. The van der Waals surface area contributed by atoms with Crippen LogP contribution in [0.2, 0.25) is 0 Å². The Hall–Kier alpha value is -2.33. The van der Waals surface area contributed by atoms with Gasteiger partial charge in [-0.25, -0.2) is 0 Å². The van der Waals surface area contributed by atoms with Crippen LogP contribution >= 0.6 is 0 Å². The molecular formula is C21H29N3O. The molecule has 2 aromatic carbocycles. The summed E-state index contributed by atoms with van der Waals surface area (Å²) in [5.41, 5.74) is 8.50. The van der Waals surface area contributed by atoms with Crippen molar-refractivity contribution in [2.45, 2.75) is 39.3 Å². The monoisotopic (exact) mass is 339 g/mol. The van der Waals surface area contributed by atoms with E-state index in [1.807, 2.05) is 26.0 Å². The molecule has 0 aliphatic carbocycles. The van der Waals surface area contributed by atoms with Crippen LogP contribution < -0.4 is 10.5 Å². The molecule has 0 atom stereocenters. The van der Waals surface area contributed by atoms with Crippen LogP contribution in [-0.4, -0.2) is 30.3 Å². The lowest BCUT2D eigenvalue weighted by molar-refractivity contribution is 0.0968. The lowest BCUT2D eigenvalue weighted by atomic mass is 10.1. The maximum atomic E-state index is 7.37. The van der Waals surface area contributed by atoms with Crippen molar-refractivity contribution in [3.8, 4) is 5.75 Å². The first kappa shape index (κ1) is 19.0. The van der Waals surface area contributed by atoms with E-state index in [0.717, 1.165) is 38.2 Å². The number of piperidine rings is 1. The van der Waals surface area contributed by atoms with Gasteiger partial charge in [0.2, 0.25) is 0 Å². The molecule has 0 bridgehead atoms. The van der Waals surface area contributed by atoms with Gasteiger partial charge in [0, 0.05) is 37.1 Å². The quantitative estimate of drug-likeness (QED) is 0.629. The van der Waals surface area contributed by atoms with Crippen molar-refractivity contribution in [1.82, 2.24) is 4.90 Å². The predicted octanol–water partition coefficient (Wildman–Crippen LogP) is 4.34. The molecule has 3 rings (SSSR count). The van der Waals surface area contributed by atoms with E-state index in [1.165, 1.54) is 11.8 Å². The van der Waals surface area contributed by atoms with E-state index in [4.69, 9.17) is 15.9 Å². The van der Waals surface area contributed by atoms with Gasteiger partial charge in [-0.1, -0.05) is 44.2 Å². The fourth-order valence-corrected chi connectivity index (χ4v) is 2.97. The highest BCUT2D eigenvalue weighted by molar-refractivity contribution is 5.85. The summed E-state index contributed by atoms with van der Waals surface area (Å²) in [4.78, 5) is 2.47.